The second-order valence-electron chi connectivity index (χ2n) is 5.25. The van der Waals surface area contributed by atoms with Crippen molar-refractivity contribution in [1.29, 1.82) is 0 Å². The molecule has 0 aromatic heterocycles. The smallest absolute Gasteiger partial charge is 0.241 e. The molecule has 0 aliphatic heterocycles. The Morgan fingerprint density at radius 1 is 0.960 bits per heavy atom. The summed E-state index contributed by atoms with van der Waals surface area (Å²) < 4.78 is 43.5. The molecule has 136 valence electrons. The van der Waals surface area contributed by atoms with Crippen LogP contribution < -0.4 is 18.9 Å². The van der Waals surface area contributed by atoms with Gasteiger partial charge in [-0.2, -0.15) is 0 Å². The molecule has 1 N–H and O–H groups in total. The Kier molecular flexibility index (Phi) is 6.16. The van der Waals surface area contributed by atoms with Gasteiger partial charge in [0.15, 0.2) is 11.5 Å². The SMILES string of the molecule is COc1cc(OC)c(OC)cc1CNS(=O)(=O)c1ccc(Cl)cc1C. The van der Waals surface area contributed by atoms with Crippen LogP contribution in [0.2, 0.25) is 5.02 Å². The zero-order valence-corrected chi connectivity index (χ0v) is 16.0. The molecule has 0 fully saturated rings. The van der Waals surface area contributed by atoms with Crippen molar-refractivity contribution < 1.29 is 22.6 Å². The van der Waals surface area contributed by atoms with E-state index in [0.717, 1.165) is 0 Å². The van der Waals surface area contributed by atoms with E-state index in [4.69, 9.17) is 25.8 Å². The second-order valence-corrected chi connectivity index (χ2v) is 7.43. The molecule has 0 saturated heterocycles. The molecule has 2 aromatic carbocycles. The first kappa shape index (κ1) is 19.4. The monoisotopic (exact) mass is 385 g/mol. The molecule has 0 unspecified atom stereocenters. The molecule has 2 aromatic rings. The number of rotatable bonds is 7. The maximum atomic E-state index is 12.6. The van der Waals surface area contributed by atoms with Crippen LogP contribution in [-0.4, -0.2) is 29.7 Å². The molecule has 0 aliphatic rings. The predicted octanol–water partition coefficient (Wildman–Crippen LogP) is 3.15. The van der Waals surface area contributed by atoms with Crippen LogP contribution in [-0.2, 0) is 16.6 Å². The molecule has 0 amide bonds. The molecule has 0 atom stereocenters. The van der Waals surface area contributed by atoms with E-state index >= 15 is 0 Å². The topological polar surface area (TPSA) is 73.9 Å². The van der Waals surface area contributed by atoms with Gasteiger partial charge in [0.25, 0.3) is 0 Å². The molecule has 0 aliphatic carbocycles. The number of nitrogens with one attached hydrogen (secondary N) is 1. The second kappa shape index (κ2) is 7.95. The van der Waals surface area contributed by atoms with Crippen LogP contribution in [0.5, 0.6) is 17.2 Å². The van der Waals surface area contributed by atoms with Gasteiger partial charge in [0.05, 0.1) is 26.2 Å². The third-order valence-electron chi connectivity index (χ3n) is 3.67. The lowest BCUT2D eigenvalue weighted by atomic mass is 10.1. The lowest BCUT2D eigenvalue weighted by molar-refractivity contribution is 0.347. The summed E-state index contributed by atoms with van der Waals surface area (Å²) in [5.41, 5.74) is 1.19. The highest BCUT2D eigenvalue weighted by Crippen LogP contribution is 2.34. The third-order valence-corrected chi connectivity index (χ3v) is 5.46. The van der Waals surface area contributed by atoms with Gasteiger partial charge in [0.1, 0.15) is 5.75 Å². The standard InChI is InChI=1S/C17H20ClNO5S/c1-11-7-13(18)5-6-17(11)25(20,21)19-10-12-8-15(23-3)16(24-4)9-14(12)22-2/h5-9,19H,10H2,1-4H3. The van der Waals surface area contributed by atoms with Crippen molar-refractivity contribution in [1.82, 2.24) is 4.72 Å². The number of hydrogen-bond donors (Lipinski definition) is 1. The first-order valence-electron chi connectivity index (χ1n) is 7.37. The van der Waals surface area contributed by atoms with Gasteiger partial charge in [-0.1, -0.05) is 11.6 Å². The molecule has 6 nitrogen and oxygen atoms in total. The summed E-state index contributed by atoms with van der Waals surface area (Å²) in [6.07, 6.45) is 0. The molecular weight excluding hydrogens is 366 g/mol. The molecule has 0 heterocycles. The first-order chi connectivity index (χ1) is 11.8. The molecule has 0 spiro atoms. The Hall–Kier alpha value is -1.96. The van der Waals surface area contributed by atoms with E-state index in [0.29, 0.717) is 33.4 Å². The highest BCUT2D eigenvalue weighted by molar-refractivity contribution is 7.89. The van der Waals surface area contributed by atoms with E-state index in [1.807, 2.05) is 0 Å². The average molecular weight is 386 g/mol. The van der Waals surface area contributed by atoms with Crippen LogP contribution in [0.15, 0.2) is 35.2 Å². The lowest BCUT2D eigenvalue weighted by Gasteiger charge is -2.15. The van der Waals surface area contributed by atoms with Crippen molar-refractivity contribution in [3.63, 3.8) is 0 Å². The van der Waals surface area contributed by atoms with Gasteiger partial charge < -0.3 is 14.2 Å². The average Bonchev–Trinajstić information content (AvgIpc) is 2.58. The summed E-state index contributed by atoms with van der Waals surface area (Å²) in [5, 5.41) is 0.484. The summed E-state index contributed by atoms with van der Waals surface area (Å²) >= 11 is 5.88. The number of benzene rings is 2. The van der Waals surface area contributed by atoms with E-state index in [1.54, 1.807) is 31.2 Å². The molecule has 0 saturated carbocycles. The molecule has 25 heavy (non-hydrogen) atoms. The number of aryl methyl sites for hydroxylation is 1. The fraction of sp³-hybridized carbons (Fsp3) is 0.294. The van der Waals surface area contributed by atoms with Gasteiger partial charge in [0.2, 0.25) is 10.0 Å². The zero-order chi connectivity index (χ0) is 18.6. The van der Waals surface area contributed by atoms with Crippen LogP contribution >= 0.6 is 11.6 Å². The Bertz CT molecular complexity index is 868. The normalized spacial score (nSPS) is 11.2. The largest absolute Gasteiger partial charge is 0.496 e. The minimum absolute atomic E-state index is 0.0356. The number of ether oxygens (including phenoxy) is 3. The van der Waals surface area contributed by atoms with Gasteiger partial charge in [-0.05, 0) is 36.8 Å². The zero-order valence-electron chi connectivity index (χ0n) is 14.4. The minimum Gasteiger partial charge on any atom is -0.496 e. The van der Waals surface area contributed by atoms with Crippen LogP contribution in [0.1, 0.15) is 11.1 Å². The van der Waals surface area contributed by atoms with Gasteiger partial charge in [-0.15, -0.1) is 0 Å². The van der Waals surface area contributed by atoms with Gasteiger partial charge in [-0.3, -0.25) is 0 Å². The summed E-state index contributed by atoms with van der Waals surface area (Å²) in [6.45, 7) is 1.73. The Morgan fingerprint density at radius 3 is 2.12 bits per heavy atom. The number of halogens is 1. The molecule has 0 radical (unpaired) electrons. The van der Waals surface area contributed by atoms with Gasteiger partial charge >= 0.3 is 0 Å². The van der Waals surface area contributed by atoms with Crippen molar-refractivity contribution in [3.8, 4) is 17.2 Å². The Balaban J connectivity index is 2.31. The van der Waals surface area contributed by atoms with Crippen LogP contribution in [0, 0.1) is 6.92 Å². The van der Waals surface area contributed by atoms with E-state index in [9.17, 15) is 8.42 Å². The Morgan fingerprint density at radius 2 is 1.56 bits per heavy atom. The maximum Gasteiger partial charge on any atom is 0.241 e. The number of sulfonamides is 1. The summed E-state index contributed by atoms with van der Waals surface area (Å²) in [6, 6.07) is 7.95. The third kappa shape index (κ3) is 4.36. The minimum atomic E-state index is -3.70. The quantitative estimate of drug-likeness (QED) is 0.792. The van der Waals surface area contributed by atoms with Crippen LogP contribution in [0.3, 0.4) is 0 Å². The first-order valence-corrected chi connectivity index (χ1v) is 9.23. The highest BCUT2D eigenvalue weighted by atomic mass is 35.5. The van der Waals surface area contributed by atoms with Crippen LogP contribution in [0.25, 0.3) is 0 Å². The molecule has 0 bridgehead atoms. The van der Waals surface area contributed by atoms with E-state index in [2.05, 4.69) is 4.72 Å². The summed E-state index contributed by atoms with van der Waals surface area (Å²) in [5.74, 6) is 1.48. The summed E-state index contributed by atoms with van der Waals surface area (Å²) in [7, 11) is 0.826. The Labute approximate surface area is 152 Å². The van der Waals surface area contributed by atoms with E-state index in [1.165, 1.54) is 27.4 Å². The summed E-state index contributed by atoms with van der Waals surface area (Å²) in [4.78, 5) is 0.177. The van der Waals surface area contributed by atoms with Crippen molar-refractivity contribution in [2.24, 2.45) is 0 Å². The molecule has 2 rings (SSSR count). The fourth-order valence-electron chi connectivity index (χ4n) is 2.40. The molecule has 8 heteroatoms. The number of methoxy groups -OCH3 is 3. The highest BCUT2D eigenvalue weighted by Gasteiger charge is 2.19. The van der Waals surface area contributed by atoms with Crippen molar-refractivity contribution >= 4 is 21.6 Å². The van der Waals surface area contributed by atoms with E-state index in [-0.39, 0.29) is 11.4 Å². The molecular formula is C17H20ClNO5S. The predicted molar refractivity (Wildman–Crippen MR) is 96.3 cm³/mol. The van der Waals surface area contributed by atoms with Gasteiger partial charge in [0, 0.05) is 23.2 Å². The fourth-order valence-corrected chi connectivity index (χ4v) is 3.85. The number of hydrogen-bond acceptors (Lipinski definition) is 5. The van der Waals surface area contributed by atoms with Gasteiger partial charge in [-0.25, -0.2) is 13.1 Å². The maximum absolute atomic E-state index is 12.6. The van der Waals surface area contributed by atoms with Crippen molar-refractivity contribution in [2.75, 3.05) is 21.3 Å². The van der Waals surface area contributed by atoms with Crippen LogP contribution in [0.4, 0.5) is 0 Å². The van der Waals surface area contributed by atoms with Crippen molar-refractivity contribution in [3.05, 3.63) is 46.5 Å². The lowest BCUT2D eigenvalue weighted by Crippen LogP contribution is -2.24. The van der Waals surface area contributed by atoms with E-state index < -0.39 is 10.0 Å². The van der Waals surface area contributed by atoms with Crippen molar-refractivity contribution in [2.45, 2.75) is 18.4 Å².